The van der Waals surface area contributed by atoms with E-state index in [1.165, 1.54) is 37.7 Å². The first-order valence-corrected chi connectivity index (χ1v) is 8.50. The predicted octanol–water partition coefficient (Wildman–Crippen LogP) is 2.91. The van der Waals surface area contributed by atoms with Crippen LogP contribution in [0.4, 0.5) is 5.82 Å². The molecule has 128 valence electrons. The Kier molecular flexibility index (Phi) is 6.92. The van der Waals surface area contributed by atoms with Gasteiger partial charge in [-0.2, -0.15) is 0 Å². The van der Waals surface area contributed by atoms with Crippen molar-refractivity contribution in [2.45, 2.75) is 45.6 Å². The molecule has 6 heteroatoms. The van der Waals surface area contributed by atoms with Crippen molar-refractivity contribution in [1.82, 2.24) is 9.88 Å². The third-order valence-corrected chi connectivity index (χ3v) is 4.59. The van der Waals surface area contributed by atoms with Gasteiger partial charge in [-0.3, -0.25) is 0 Å². The fourth-order valence-electron chi connectivity index (χ4n) is 3.29. The molecule has 0 aliphatic carbocycles. The van der Waals surface area contributed by atoms with Crippen LogP contribution in [0.15, 0.2) is 17.1 Å². The minimum absolute atomic E-state index is 0. The van der Waals surface area contributed by atoms with Gasteiger partial charge < -0.3 is 15.5 Å². The molecule has 0 saturated carbocycles. The summed E-state index contributed by atoms with van der Waals surface area (Å²) in [6.07, 6.45) is 6.27. The maximum atomic E-state index is 6.17. The number of guanidine groups is 1. The van der Waals surface area contributed by atoms with Crippen LogP contribution < -0.4 is 10.6 Å². The molecule has 2 aliphatic rings. The van der Waals surface area contributed by atoms with E-state index >= 15 is 0 Å². The molecule has 2 fully saturated rings. The molecule has 0 amide bonds. The van der Waals surface area contributed by atoms with Crippen LogP contribution in [0.5, 0.6) is 0 Å². The van der Waals surface area contributed by atoms with E-state index in [-0.39, 0.29) is 24.0 Å². The van der Waals surface area contributed by atoms with Crippen LogP contribution in [0.2, 0.25) is 0 Å². The van der Waals surface area contributed by atoms with Crippen molar-refractivity contribution in [3.05, 3.63) is 23.4 Å². The van der Waals surface area contributed by atoms with Crippen LogP contribution >= 0.6 is 24.0 Å². The van der Waals surface area contributed by atoms with Crippen molar-refractivity contribution < 1.29 is 0 Å². The lowest BCUT2D eigenvalue weighted by Gasteiger charge is -2.27. The highest BCUT2D eigenvalue weighted by molar-refractivity contribution is 14.0. The first-order chi connectivity index (χ1) is 10.7. The molecule has 0 radical (unpaired) electrons. The number of piperidine rings is 1. The smallest absolute Gasteiger partial charge is 0.191 e. The van der Waals surface area contributed by atoms with Gasteiger partial charge in [0, 0.05) is 37.4 Å². The van der Waals surface area contributed by atoms with E-state index in [0.29, 0.717) is 12.5 Å². The Labute approximate surface area is 156 Å². The lowest BCUT2D eigenvalue weighted by molar-refractivity contribution is 0.338. The molecule has 0 aromatic carbocycles. The zero-order valence-corrected chi connectivity index (χ0v) is 16.3. The molecule has 0 spiro atoms. The number of pyridine rings is 1. The van der Waals surface area contributed by atoms with Crippen LogP contribution in [0.25, 0.3) is 0 Å². The number of nitrogens with zero attached hydrogens (tertiary/aromatic N) is 4. The monoisotopic (exact) mass is 429 g/mol. The molecular formula is C17H28IN5. The van der Waals surface area contributed by atoms with Gasteiger partial charge in [-0.25, -0.2) is 9.98 Å². The largest absolute Gasteiger partial charge is 0.370 e. The molecule has 23 heavy (non-hydrogen) atoms. The predicted molar refractivity (Wildman–Crippen MR) is 107 cm³/mol. The van der Waals surface area contributed by atoms with Crippen molar-refractivity contribution in [3.63, 3.8) is 0 Å². The van der Waals surface area contributed by atoms with Gasteiger partial charge in [-0.15, -0.1) is 24.0 Å². The van der Waals surface area contributed by atoms with Gasteiger partial charge in [0.15, 0.2) is 5.96 Å². The molecule has 0 unspecified atom stereocenters. The van der Waals surface area contributed by atoms with Gasteiger partial charge in [-0.05, 0) is 45.1 Å². The summed E-state index contributed by atoms with van der Waals surface area (Å²) in [5, 5.41) is 0. The van der Waals surface area contributed by atoms with E-state index in [4.69, 9.17) is 10.7 Å². The molecule has 2 saturated heterocycles. The Balaban J connectivity index is 0.00000192. The summed E-state index contributed by atoms with van der Waals surface area (Å²) in [5.74, 6) is 1.79. The van der Waals surface area contributed by atoms with Crippen molar-refractivity contribution in [2.24, 2.45) is 10.7 Å². The quantitative estimate of drug-likeness (QED) is 0.456. The SMILES string of the molecule is Cc1ccc(CN=C(N)N2CCCCC2)c(N2CCCC2)n1.I. The maximum Gasteiger partial charge on any atom is 0.191 e. The maximum absolute atomic E-state index is 6.17. The van der Waals surface area contributed by atoms with Crippen LogP contribution in [0.3, 0.4) is 0 Å². The van der Waals surface area contributed by atoms with Gasteiger partial charge in [0.25, 0.3) is 0 Å². The molecule has 3 rings (SSSR count). The van der Waals surface area contributed by atoms with E-state index in [2.05, 4.69) is 33.8 Å². The highest BCUT2D eigenvalue weighted by atomic mass is 127. The molecule has 0 bridgehead atoms. The fraction of sp³-hybridized carbons (Fsp3) is 0.647. The third kappa shape index (κ3) is 4.71. The van der Waals surface area contributed by atoms with Gasteiger partial charge in [0.05, 0.1) is 6.54 Å². The van der Waals surface area contributed by atoms with Gasteiger partial charge in [-0.1, -0.05) is 6.07 Å². The Morgan fingerprint density at radius 1 is 1.09 bits per heavy atom. The van der Waals surface area contributed by atoms with Crippen molar-refractivity contribution in [2.75, 3.05) is 31.1 Å². The average molecular weight is 429 g/mol. The summed E-state index contributed by atoms with van der Waals surface area (Å²) in [4.78, 5) is 14.0. The Morgan fingerprint density at radius 3 is 2.43 bits per heavy atom. The number of nitrogens with two attached hydrogens (primary N) is 1. The topological polar surface area (TPSA) is 57.8 Å². The summed E-state index contributed by atoms with van der Waals surface area (Å²) in [6.45, 7) is 6.97. The van der Waals surface area contributed by atoms with Gasteiger partial charge in [0.1, 0.15) is 5.82 Å². The molecule has 1 aromatic rings. The number of anilines is 1. The Hall–Kier alpha value is -1.05. The summed E-state index contributed by atoms with van der Waals surface area (Å²) < 4.78 is 0. The zero-order chi connectivity index (χ0) is 15.4. The Bertz CT molecular complexity index is 534. The Morgan fingerprint density at radius 2 is 1.74 bits per heavy atom. The third-order valence-electron chi connectivity index (χ3n) is 4.59. The lowest BCUT2D eigenvalue weighted by atomic mass is 10.1. The van der Waals surface area contributed by atoms with E-state index in [0.717, 1.165) is 37.7 Å². The minimum atomic E-state index is 0. The molecule has 2 aliphatic heterocycles. The number of rotatable bonds is 3. The lowest BCUT2D eigenvalue weighted by Crippen LogP contribution is -2.40. The number of aryl methyl sites for hydroxylation is 1. The average Bonchev–Trinajstić information content (AvgIpc) is 3.08. The number of aromatic nitrogens is 1. The van der Waals surface area contributed by atoms with Crippen LogP contribution in [0, 0.1) is 6.92 Å². The van der Waals surface area contributed by atoms with Gasteiger partial charge >= 0.3 is 0 Å². The van der Waals surface area contributed by atoms with Gasteiger partial charge in [0.2, 0.25) is 0 Å². The van der Waals surface area contributed by atoms with E-state index in [9.17, 15) is 0 Å². The van der Waals surface area contributed by atoms with Crippen molar-refractivity contribution in [1.29, 1.82) is 0 Å². The minimum Gasteiger partial charge on any atom is -0.370 e. The second-order valence-corrected chi connectivity index (χ2v) is 6.35. The second kappa shape index (κ2) is 8.70. The molecule has 1 aromatic heterocycles. The zero-order valence-electron chi connectivity index (χ0n) is 14.0. The van der Waals surface area contributed by atoms with E-state index < -0.39 is 0 Å². The van der Waals surface area contributed by atoms with Crippen LogP contribution in [-0.4, -0.2) is 42.0 Å². The highest BCUT2D eigenvalue weighted by Gasteiger charge is 2.18. The summed E-state index contributed by atoms with van der Waals surface area (Å²) in [6, 6.07) is 4.23. The molecule has 3 heterocycles. The first-order valence-electron chi connectivity index (χ1n) is 8.50. The highest BCUT2D eigenvalue weighted by Crippen LogP contribution is 2.23. The number of hydrogen-bond acceptors (Lipinski definition) is 3. The normalized spacial score (nSPS) is 18.9. The summed E-state index contributed by atoms with van der Waals surface area (Å²) >= 11 is 0. The second-order valence-electron chi connectivity index (χ2n) is 6.35. The number of halogens is 1. The number of hydrogen-bond donors (Lipinski definition) is 1. The first kappa shape index (κ1) is 18.3. The van der Waals surface area contributed by atoms with E-state index in [1.807, 2.05) is 0 Å². The van der Waals surface area contributed by atoms with Crippen LogP contribution in [-0.2, 0) is 6.54 Å². The van der Waals surface area contributed by atoms with Crippen molar-refractivity contribution in [3.8, 4) is 0 Å². The van der Waals surface area contributed by atoms with Crippen LogP contribution in [0.1, 0.15) is 43.4 Å². The summed E-state index contributed by atoms with van der Waals surface area (Å²) in [7, 11) is 0. The fourth-order valence-corrected chi connectivity index (χ4v) is 3.29. The molecule has 2 N–H and O–H groups in total. The molecule has 0 atom stereocenters. The number of aliphatic imine (C=N–C) groups is 1. The summed E-state index contributed by atoms with van der Waals surface area (Å²) in [5.41, 5.74) is 8.43. The van der Waals surface area contributed by atoms with Crippen molar-refractivity contribution >= 4 is 35.8 Å². The number of likely N-dealkylation sites (tertiary alicyclic amines) is 1. The standard InChI is InChI=1S/C17H27N5.HI/c1-14-7-8-15(16(20-14)21-9-5-6-10-21)13-19-17(18)22-11-3-2-4-12-22;/h7-8H,2-6,9-13H2,1H3,(H2,18,19);1H. The van der Waals surface area contributed by atoms with E-state index in [1.54, 1.807) is 0 Å². The molecular weight excluding hydrogens is 401 g/mol. The molecule has 5 nitrogen and oxygen atoms in total.